The third kappa shape index (κ3) is 5.52. The first-order chi connectivity index (χ1) is 17.6. The van der Waals surface area contributed by atoms with Crippen molar-refractivity contribution >= 4 is 32.0 Å². The summed E-state index contributed by atoms with van der Waals surface area (Å²) >= 11 is 0. The Labute approximate surface area is 219 Å². The van der Waals surface area contributed by atoms with Gasteiger partial charge in [-0.25, -0.2) is 4.79 Å². The van der Waals surface area contributed by atoms with Crippen LogP contribution in [0.3, 0.4) is 0 Å². The molecule has 0 spiro atoms. The normalized spacial score (nSPS) is 23.9. The first-order valence-corrected chi connectivity index (χ1v) is 14.0. The van der Waals surface area contributed by atoms with Gasteiger partial charge in [-0.05, 0) is 55.7 Å². The molecule has 2 fully saturated rings. The van der Waals surface area contributed by atoms with Gasteiger partial charge in [0.05, 0.1) is 0 Å². The number of benzene rings is 1. The second-order valence-corrected chi connectivity index (χ2v) is 12.5. The van der Waals surface area contributed by atoms with Crippen molar-refractivity contribution in [2.75, 3.05) is 0 Å². The first-order valence-electron chi connectivity index (χ1n) is 11.1. The molecule has 39 heavy (non-hydrogen) atoms. The molecule has 0 heterocycles. The number of halogens is 6. The number of carbonyl (C=O) groups is 2. The Balaban J connectivity index is 1.65. The molecule has 0 aromatic heterocycles. The Kier molecular flexibility index (Phi) is 7.97. The fraction of sp³-hybridized carbons (Fsp3) is 0.545. The number of hydrogen-bond donors (Lipinski definition) is 1. The molecule has 0 amide bonds. The number of esters is 1. The quantitative estimate of drug-likeness (QED) is 0.131. The maximum Gasteiger partial charge on any atom is 0.450 e. The van der Waals surface area contributed by atoms with Crippen LogP contribution in [-0.2, 0) is 41.0 Å². The van der Waals surface area contributed by atoms with Crippen molar-refractivity contribution in [2.24, 2.45) is 17.8 Å². The number of rotatable bonds is 11. The molecule has 1 aromatic carbocycles. The monoisotopic (exact) mass is 608 g/mol. The van der Waals surface area contributed by atoms with Gasteiger partial charge in [-0.3, -0.25) is 9.35 Å². The molecular formula is C22H22F6O9S2. The Morgan fingerprint density at radius 1 is 0.949 bits per heavy atom. The summed E-state index contributed by atoms with van der Waals surface area (Å²) in [4.78, 5) is 24.6. The summed E-state index contributed by atoms with van der Waals surface area (Å²) in [6, 6.07) is 3.50. The van der Waals surface area contributed by atoms with Crippen molar-refractivity contribution in [3.05, 3.63) is 42.0 Å². The Hall–Kier alpha value is -2.66. The predicted molar refractivity (Wildman–Crippen MR) is 120 cm³/mol. The summed E-state index contributed by atoms with van der Waals surface area (Å²) in [5, 5.41) is -13.7. The minimum atomic E-state index is -7.16. The average molecular weight is 609 g/mol. The van der Waals surface area contributed by atoms with Crippen LogP contribution in [0.4, 0.5) is 26.3 Å². The Morgan fingerprint density at radius 2 is 1.51 bits per heavy atom. The van der Waals surface area contributed by atoms with E-state index in [4.69, 9.17) is 9.29 Å². The van der Waals surface area contributed by atoms with E-state index < -0.39 is 48.4 Å². The molecule has 4 atom stereocenters. The average Bonchev–Trinajstić information content (AvgIpc) is 3.39. The molecule has 0 radical (unpaired) electrons. The fourth-order valence-corrected chi connectivity index (χ4v) is 6.09. The highest BCUT2D eigenvalue weighted by Gasteiger charge is 2.83. The maximum absolute atomic E-state index is 13.9. The topological polar surface area (TPSA) is 141 Å². The van der Waals surface area contributed by atoms with Crippen molar-refractivity contribution < 1.29 is 66.2 Å². The molecule has 4 unspecified atom stereocenters. The molecule has 1 N–H and O–H groups in total. The van der Waals surface area contributed by atoms with Crippen LogP contribution in [0.15, 0.2) is 36.4 Å². The van der Waals surface area contributed by atoms with Crippen molar-refractivity contribution in [3.63, 3.8) is 0 Å². The van der Waals surface area contributed by atoms with E-state index in [-0.39, 0.29) is 47.2 Å². The van der Waals surface area contributed by atoms with E-state index in [2.05, 4.69) is 10.8 Å². The lowest BCUT2D eigenvalue weighted by Crippen LogP contribution is -2.61. The third-order valence-electron chi connectivity index (χ3n) is 6.69. The molecule has 17 heteroatoms. The molecule has 2 aliphatic rings. The van der Waals surface area contributed by atoms with E-state index in [1.807, 2.05) is 0 Å². The number of ketones is 1. The summed E-state index contributed by atoms with van der Waals surface area (Å²) in [6.45, 7) is 5.02. The van der Waals surface area contributed by atoms with Crippen LogP contribution < -0.4 is 4.18 Å². The van der Waals surface area contributed by atoms with Crippen molar-refractivity contribution in [1.82, 2.24) is 0 Å². The predicted octanol–water partition coefficient (Wildman–Crippen LogP) is 3.75. The van der Waals surface area contributed by atoms with Crippen LogP contribution in [-0.4, -0.2) is 55.7 Å². The van der Waals surface area contributed by atoms with Crippen LogP contribution in [0.25, 0.3) is 0 Å². The number of hydrogen-bond acceptors (Lipinski definition) is 8. The van der Waals surface area contributed by atoms with Gasteiger partial charge in [0, 0.05) is 17.9 Å². The van der Waals surface area contributed by atoms with Gasteiger partial charge in [-0.1, -0.05) is 18.7 Å². The van der Waals surface area contributed by atoms with Gasteiger partial charge in [0.2, 0.25) is 0 Å². The zero-order valence-electron chi connectivity index (χ0n) is 20.0. The molecule has 218 valence electrons. The van der Waals surface area contributed by atoms with Crippen LogP contribution in [0.5, 0.6) is 5.75 Å². The van der Waals surface area contributed by atoms with Gasteiger partial charge >= 0.3 is 42.6 Å². The van der Waals surface area contributed by atoms with Crippen LogP contribution in [0, 0.1) is 17.8 Å². The van der Waals surface area contributed by atoms with Gasteiger partial charge in [0.15, 0.2) is 0 Å². The molecule has 1 aromatic rings. The van der Waals surface area contributed by atoms with Gasteiger partial charge in [-0.2, -0.15) is 43.2 Å². The second kappa shape index (κ2) is 10.1. The van der Waals surface area contributed by atoms with E-state index in [0.717, 1.165) is 12.1 Å². The Morgan fingerprint density at radius 3 is 1.97 bits per heavy atom. The third-order valence-corrected chi connectivity index (χ3v) is 8.89. The second-order valence-electron chi connectivity index (χ2n) is 9.47. The lowest BCUT2D eigenvalue weighted by Gasteiger charge is -2.29. The molecule has 2 bridgehead atoms. The van der Waals surface area contributed by atoms with Gasteiger partial charge in [0.1, 0.15) is 17.6 Å². The maximum atomic E-state index is 13.9. The minimum absolute atomic E-state index is 0.0128. The van der Waals surface area contributed by atoms with Gasteiger partial charge < -0.3 is 8.92 Å². The van der Waals surface area contributed by atoms with Gasteiger partial charge in [-0.15, -0.1) is 0 Å². The van der Waals surface area contributed by atoms with Crippen LogP contribution >= 0.6 is 0 Å². The standard InChI is InChI=1S/C22H22F6O9S2/c1-11(2)19(30)36-18-10-13-8-14(18)9-16(13)17(29)7-12-3-5-15(6-4-12)37-39(34,35)22(27,28)20(23,24)21(25,26)38(31,32)33/h3-6,13-14,16,18H,1,7-10H2,2H3,(H,31,32,33). The molecule has 2 saturated carbocycles. The summed E-state index contributed by atoms with van der Waals surface area (Å²) in [7, 11) is -14.1. The number of Topliss-reactive ketones (excluding diaryl/α,β-unsaturated/α-hetero) is 1. The largest absolute Gasteiger partial charge is 0.459 e. The fourth-order valence-electron chi connectivity index (χ4n) is 4.66. The number of alkyl halides is 6. The highest BCUT2D eigenvalue weighted by molar-refractivity contribution is 7.88. The molecule has 3 rings (SSSR count). The number of carbonyl (C=O) groups excluding carboxylic acids is 2. The zero-order chi connectivity index (χ0) is 29.8. The van der Waals surface area contributed by atoms with E-state index >= 15 is 0 Å². The molecule has 0 aliphatic heterocycles. The highest BCUT2D eigenvalue weighted by atomic mass is 32.2. The van der Waals surface area contributed by atoms with Crippen molar-refractivity contribution in [1.29, 1.82) is 0 Å². The van der Waals surface area contributed by atoms with E-state index in [1.54, 1.807) is 0 Å². The van der Waals surface area contributed by atoms with E-state index in [0.29, 0.717) is 31.4 Å². The van der Waals surface area contributed by atoms with Crippen LogP contribution in [0.1, 0.15) is 31.7 Å². The van der Waals surface area contributed by atoms with E-state index in [1.165, 1.54) is 6.92 Å². The van der Waals surface area contributed by atoms with Gasteiger partial charge in [0.25, 0.3) is 0 Å². The summed E-state index contributed by atoms with van der Waals surface area (Å²) in [5.41, 5.74) is 0.506. The Bertz CT molecular complexity index is 1370. The summed E-state index contributed by atoms with van der Waals surface area (Å²) < 4.78 is 144. The number of fused-ring (bicyclic) bond motifs is 2. The molecule has 9 nitrogen and oxygen atoms in total. The minimum Gasteiger partial charge on any atom is -0.459 e. The smallest absolute Gasteiger partial charge is 0.450 e. The molecule has 0 saturated heterocycles. The molecular weight excluding hydrogens is 586 g/mol. The van der Waals surface area contributed by atoms with Crippen molar-refractivity contribution in [2.45, 2.75) is 55.1 Å². The lowest BCUT2D eigenvalue weighted by atomic mass is 9.82. The van der Waals surface area contributed by atoms with Crippen molar-refractivity contribution in [3.8, 4) is 5.75 Å². The zero-order valence-corrected chi connectivity index (χ0v) is 21.6. The summed E-state index contributed by atoms with van der Waals surface area (Å²) in [5.74, 6) is -9.28. The number of ether oxygens (including phenoxy) is 1. The van der Waals surface area contributed by atoms with Crippen LogP contribution in [0.2, 0.25) is 0 Å². The molecule has 2 aliphatic carbocycles. The lowest BCUT2D eigenvalue weighted by molar-refractivity contribution is -0.247. The SMILES string of the molecule is C=C(C)C(=O)OC1CC2CC1CC2C(=O)Cc1ccc(OS(=O)(=O)C(F)(F)C(F)(F)C(F)(F)S(=O)(=O)O)cc1. The highest BCUT2D eigenvalue weighted by Crippen LogP contribution is 2.52. The summed E-state index contributed by atoms with van der Waals surface area (Å²) in [6.07, 6.45) is 1.12. The first kappa shape index (κ1) is 30.9. The van der Waals surface area contributed by atoms with E-state index in [9.17, 15) is 52.8 Å².